The average Bonchev–Trinajstić information content (AvgIpc) is 3.60. The number of pyridine rings is 1. The minimum atomic E-state index is -1.19. The molecule has 3 aliphatic rings. The molecule has 4 aromatic rings. The Hall–Kier alpha value is -3.84. The van der Waals surface area contributed by atoms with E-state index in [2.05, 4.69) is 14.8 Å². The van der Waals surface area contributed by atoms with Crippen molar-refractivity contribution in [2.24, 2.45) is 0 Å². The van der Waals surface area contributed by atoms with E-state index in [0.717, 1.165) is 18.3 Å². The number of anilines is 1. The number of imidazole rings is 1. The number of carboxylic acids is 1. The van der Waals surface area contributed by atoms with Gasteiger partial charge in [0.15, 0.2) is 5.82 Å². The SMILES string of the molecule is O=C(O)c1cc(F)c2nc(CN3CCN(c4cccc(OCc5ccc(Cl)cc5F)n4)[C@H]4COC[C@H]43)n(C[C@@H]3CCO3)c2c1. The van der Waals surface area contributed by atoms with Crippen molar-refractivity contribution < 1.29 is 32.9 Å². The number of fused-ring (bicyclic) bond motifs is 2. The van der Waals surface area contributed by atoms with Crippen LogP contribution in [0, 0.1) is 11.6 Å². The maximum Gasteiger partial charge on any atom is 0.335 e. The second-order valence-electron chi connectivity index (χ2n) is 11.2. The third-order valence-electron chi connectivity index (χ3n) is 8.57. The van der Waals surface area contributed by atoms with Gasteiger partial charge in [0.05, 0.1) is 55.6 Å². The molecule has 0 bridgehead atoms. The number of rotatable bonds is 9. The Labute approximate surface area is 256 Å². The molecule has 3 aliphatic heterocycles. The zero-order valence-electron chi connectivity index (χ0n) is 23.7. The molecule has 1 N–H and O–H groups in total. The summed E-state index contributed by atoms with van der Waals surface area (Å²) in [5, 5.41) is 9.85. The molecule has 2 aromatic carbocycles. The van der Waals surface area contributed by atoms with Crippen molar-refractivity contribution in [3.63, 3.8) is 0 Å². The number of piperazine rings is 1. The first kappa shape index (κ1) is 28.9. The molecule has 10 nitrogen and oxygen atoms in total. The van der Waals surface area contributed by atoms with Crippen LogP contribution < -0.4 is 9.64 Å². The number of hydrogen-bond donors (Lipinski definition) is 1. The number of carbonyl (C=O) groups is 1. The fourth-order valence-electron chi connectivity index (χ4n) is 6.15. The first-order valence-electron chi connectivity index (χ1n) is 14.5. The Morgan fingerprint density at radius 2 is 1.91 bits per heavy atom. The minimum Gasteiger partial charge on any atom is -0.478 e. The summed E-state index contributed by atoms with van der Waals surface area (Å²) in [6.45, 7) is 3.92. The van der Waals surface area contributed by atoms with Crippen LogP contribution in [0.5, 0.6) is 5.88 Å². The highest BCUT2D eigenvalue weighted by molar-refractivity contribution is 6.30. The predicted octanol–water partition coefficient (Wildman–Crippen LogP) is 4.52. The molecule has 7 rings (SSSR count). The quantitative estimate of drug-likeness (QED) is 0.288. The Morgan fingerprint density at radius 1 is 1.07 bits per heavy atom. The molecule has 0 saturated carbocycles. The maximum atomic E-state index is 15.0. The fourth-order valence-corrected chi connectivity index (χ4v) is 6.31. The van der Waals surface area contributed by atoms with Gasteiger partial charge in [0, 0.05) is 36.3 Å². The second kappa shape index (κ2) is 11.9. The van der Waals surface area contributed by atoms with E-state index in [1.165, 1.54) is 12.1 Å². The van der Waals surface area contributed by atoms with E-state index in [1.807, 2.05) is 16.7 Å². The van der Waals surface area contributed by atoms with Crippen molar-refractivity contribution in [1.82, 2.24) is 19.4 Å². The van der Waals surface area contributed by atoms with Crippen LogP contribution in [0.25, 0.3) is 11.0 Å². The Balaban J connectivity index is 1.11. The number of nitrogens with zero attached hydrogens (tertiary/aromatic N) is 5. The molecule has 5 heterocycles. The van der Waals surface area contributed by atoms with E-state index < -0.39 is 17.6 Å². The smallest absolute Gasteiger partial charge is 0.335 e. The van der Waals surface area contributed by atoms with E-state index in [0.29, 0.717) is 73.8 Å². The van der Waals surface area contributed by atoms with Crippen LogP contribution in [-0.4, -0.2) is 81.6 Å². The highest BCUT2D eigenvalue weighted by Gasteiger charge is 2.42. The number of ether oxygens (including phenoxy) is 3. The van der Waals surface area contributed by atoms with Gasteiger partial charge in [-0.15, -0.1) is 0 Å². The topological polar surface area (TPSA) is 102 Å². The van der Waals surface area contributed by atoms with Crippen LogP contribution in [0.15, 0.2) is 48.5 Å². The summed E-state index contributed by atoms with van der Waals surface area (Å²) < 4.78 is 48.6. The summed E-state index contributed by atoms with van der Waals surface area (Å²) in [6.07, 6.45) is 0.848. The third kappa shape index (κ3) is 5.58. The normalized spacial score (nSPS) is 21.8. The van der Waals surface area contributed by atoms with E-state index in [4.69, 9.17) is 30.8 Å². The lowest BCUT2D eigenvalue weighted by Crippen LogP contribution is -2.59. The molecule has 230 valence electrons. The Bertz CT molecular complexity index is 1720. The predicted molar refractivity (Wildman–Crippen MR) is 157 cm³/mol. The van der Waals surface area contributed by atoms with Gasteiger partial charge in [0.1, 0.15) is 29.6 Å². The van der Waals surface area contributed by atoms with Gasteiger partial charge in [-0.05, 0) is 36.8 Å². The van der Waals surface area contributed by atoms with Crippen molar-refractivity contribution >= 4 is 34.4 Å². The highest BCUT2D eigenvalue weighted by atomic mass is 35.5. The van der Waals surface area contributed by atoms with Crippen molar-refractivity contribution in [3.05, 3.63) is 82.1 Å². The fraction of sp³-hybridized carbons (Fsp3) is 0.387. The standard InChI is InChI=1S/C31H30ClF2N5O5/c32-20-5-4-18(22(33)12-20)15-44-29-3-1-2-27(35-29)38-8-7-37(25-16-42-17-26(25)38)14-28-36-30-23(34)10-19(31(40)41)11-24(30)39(28)13-21-6-9-43-21/h1-5,10-12,21,25-26H,6-9,13-17H2,(H,40,41)/t21-,25+,26-/m0/s1. The number of aromatic carboxylic acids is 1. The maximum absolute atomic E-state index is 15.0. The Morgan fingerprint density at radius 3 is 2.68 bits per heavy atom. The van der Waals surface area contributed by atoms with Crippen molar-refractivity contribution in [2.75, 3.05) is 37.8 Å². The van der Waals surface area contributed by atoms with Gasteiger partial charge in [-0.3, -0.25) is 4.90 Å². The molecule has 13 heteroatoms. The van der Waals surface area contributed by atoms with Crippen LogP contribution in [0.2, 0.25) is 5.02 Å². The molecule has 0 unspecified atom stereocenters. The van der Waals surface area contributed by atoms with Crippen LogP contribution in [0.4, 0.5) is 14.6 Å². The number of carboxylic acid groups (broad SMARTS) is 1. The molecular weight excluding hydrogens is 596 g/mol. The van der Waals surface area contributed by atoms with E-state index in [-0.39, 0.29) is 35.9 Å². The number of benzene rings is 2. The Kier molecular flexibility index (Phi) is 7.83. The molecule has 3 fully saturated rings. The second-order valence-corrected chi connectivity index (χ2v) is 11.7. The number of aromatic nitrogens is 3. The summed E-state index contributed by atoms with van der Waals surface area (Å²) in [5.41, 5.74) is 0.868. The van der Waals surface area contributed by atoms with E-state index in [9.17, 15) is 14.3 Å². The molecule has 0 amide bonds. The first-order valence-corrected chi connectivity index (χ1v) is 14.9. The molecule has 0 radical (unpaired) electrons. The lowest BCUT2D eigenvalue weighted by molar-refractivity contribution is -0.0592. The van der Waals surface area contributed by atoms with Gasteiger partial charge in [-0.25, -0.2) is 18.6 Å². The number of hydrogen-bond acceptors (Lipinski definition) is 8. The summed E-state index contributed by atoms with van der Waals surface area (Å²) in [5.74, 6) is -0.523. The van der Waals surface area contributed by atoms with Gasteiger partial charge in [-0.1, -0.05) is 23.7 Å². The molecule has 3 saturated heterocycles. The molecule has 0 spiro atoms. The van der Waals surface area contributed by atoms with Gasteiger partial charge >= 0.3 is 5.97 Å². The minimum absolute atomic E-state index is 0.00310. The zero-order valence-corrected chi connectivity index (χ0v) is 24.4. The largest absolute Gasteiger partial charge is 0.478 e. The van der Waals surface area contributed by atoms with Crippen LogP contribution in [0.1, 0.15) is 28.2 Å². The van der Waals surface area contributed by atoms with Gasteiger partial charge < -0.3 is 28.8 Å². The monoisotopic (exact) mass is 625 g/mol. The first-order chi connectivity index (χ1) is 21.3. The van der Waals surface area contributed by atoms with E-state index in [1.54, 1.807) is 18.2 Å². The van der Waals surface area contributed by atoms with Crippen molar-refractivity contribution in [1.29, 1.82) is 0 Å². The molecule has 44 heavy (non-hydrogen) atoms. The zero-order chi connectivity index (χ0) is 30.4. The van der Waals surface area contributed by atoms with E-state index >= 15 is 4.39 Å². The lowest BCUT2D eigenvalue weighted by atomic mass is 10.0. The summed E-state index contributed by atoms with van der Waals surface area (Å²) >= 11 is 5.86. The highest BCUT2D eigenvalue weighted by Crippen LogP contribution is 2.31. The van der Waals surface area contributed by atoms with Crippen LogP contribution in [-0.2, 0) is 29.2 Å². The molecule has 2 aromatic heterocycles. The summed E-state index contributed by atoms with van der Waals surface area (Å²) in [6, 6.07) is 12.5. The summed E-state index contributed by atoms with van der Waals surface area (Å²) in [4.78, 5) is 25.5. The third-order valence-corrected chi connectivity index (χ3v) is 8.81. The van der Waals surface area contributed by atoms with Gasteiger partial charge in [0.25, 0.3) is 0 Å². The summed E-state index contributed by atoms with van der Waals surface area (Å²) in [7, 11) is 0. The van der Waals surface area contributed by atoms with Crippen molar-refractivity contribution in [2.45, 2.75) is 44.3 Å². The van der Waals surface area contributed by atoms with Crippen LogP contribution >= 0.6 is 11.6 Å². The van der Waals surface area contributed by atoms with Crippen LogP contribution in [0.3, 0.4) is 0 Å². The molecular formula is C31H30ClF2N5O5. The average molecular weight is 626 g/mol. The lowest BCUT2D eigenvalue weighted by Gasteiger charge is -2.44. The molecule has 3 atom stereocenters. The number of halogens is 3. The van der Waals surface area contributed by atoms with Gasteiger partial charge in [0.2, 0.25) is 5.88 Å². The van der Waals surface area contributed by atoms with Crippen molar-refractivity contribution in [3.8, 4) is 5.88 Å². The molecule has 0 aliphatic carbocycles. The van der Waals surface area contributed by atoms with Gasteiger partial charge in [-0.2, -0.15) is 4.98 Å².